The Bertz CT molecular complexity index is 1480. The van der Waals surface area contributed by atoms with Gasteiger partial charge in [-0.15, -0.1) is 0 Å². The third-order valence-corrected chi connectivity index (χ3v) is 9.26. The number of nitrogens with zero attached hydrogens (tertiary/aromatic N) is 4. The second-order valence-electron chi connectivity index (χ2n) is 10.0. The first kappa shape index (κ1) is 27.2. The number of ether oxygens (including phenoxy) is 1. The average Bonchev–Trinajstić information content (AvgIpc) is 2.91. The predicted octanol–water partition coefficient (Wildman–Crippen LogP) is 4.61. The first-order chi connectivity index (χ1) is 18.5. The molecule has 0 unspecified atom stereocenters. The summed E-state index contributed by atoms with van der Waals surface area (Å²) in [4.78, 5) is 24.8. The fraction of sp³-hybridized carbons (Fsp3) is 0.444. The molecule has 0 spiro atoms. The van der Waals surface area contributed by atoms with Crippen molar-refractivity contribution in [3.8, 4) is 5.88 Å². The van der Waals surface area contributed by atoms with Crippen molar-refractivity contribution in [2.45, 2.75) is 37.9 Å². The molecule has 1 atom stereocenters. The molecule has 0 saturated carbocycles. The summed E-state index contributed by atoms with van der Waals surface area (Å²) in [7, 11) is -0.560. The third-order valence-electron chi connectivity index (χ3n) is 7.55. The van der Waals surface area contributed by atoms with E-state index >= 15 is 0 Å². The molecule has 39 heavy (non-hydrogen) atoms. The Morgan fingerprint density at radius 3 is 2.46 bits per heavy atom. The monoisotopic (exact) mass is 562 g/mol. The number of halogens is 3. The lowest BCUT2D eigenvalue weighted by Crippen LogP contribution is -2.44. The molecule has 3 aromatic rings. The van der Waals surface area contributed by atoms with E-state index in [1.165, 1.54) is 12.1 Å². The maximum atomic E-state index is 14.2. The Morgan fingerprint density at radius 2 is 1.82 bits per heavy atom. The summed E-state index contributed by atoms with van der Waals surface area (Å²) < 4.78 is 71.4. The van der Waals surface area contributed by atoms with Gasteiger partial charge < -0.3 is 14.5 Å². The highest BCUT2D eigenvalue weighted by atomic mass is 32.2. The molecular formula is C27H29F3N4O4S. The molecule has 4 heterocycles. The molecule has 1 fully saturated rings. The van der Waals surface area contributed by atoms with Crippen LogP contribution in [0.2, 0.25) is 0 Å². The van der Waals surface area contributed by atoms with Crippen molar-refractivity contribution in [2.24, 2.45) is 5.92 Å². The van der Waals surface area contributed by atoms with Crippen LogP contribution < -0.4 is 9.64 Å². The molecule has 0 bridgehead atoms. The number of alkyl halides is 3. The van der Waals surface area contributed by atoms with Gasteiger partial charge in [0.05, 0.1) is 41.5 Å². The molecule has 1 amide bonds. The van der Waals surface area contributed by atoms with E-state index in [1.807, 2.05) is 11.0 Å². The van der Waals surface area contributed by atoms with Crippen molar-refractivity contribution in [2.75, 3.05) is 37.1 Å². The zero-order valence-electron chi connectivity index (χ0n) is 21.6. The fourth-order valence-corrected chi connectivity index (χ4v) is 7.00. The number of benzene rings is 1. The molecule has 0 aliphatic carbocycles. The summed E-state index contributed by atoms with van der Waals surface area (Å²) in [6.07, 6.45) is -1.27. The largest absolute Gasteiger partial charge is 0.481 e. The van der Waals surface area contributed by atoms with Crippen LogP contribution in [0.3, 0.4) is 0 Å². The van der Waals surface area contributed by atoms with Crippen molar-refractivity contribution in [1.82, 2.24) is 14.9 Å². The third kappa shape index (κ3) is 5.39. The van der Waals surface area contributed by atoms with Crippen molar-refractivity contribution in [3.05, 3.63) is 53.7 Å². The van der Waals surface area contributed by atoms with Crippen LogP contribution in [0.25, 0.3) is 11.0 Å². The van der Waals surface area contributed by atoms with Crippen LogP contribution in [0.4, 0.5) is 24.5 Å². The minimum atomic E-state index is -4.71. The number of sulfone groups is 1. The van der Waals surface area contributed by atoms with Crippen LogP contribution in [0, 0.1) is 5.92 Å². The zero-order valence-corrected chi connectivity index (χ0v) is 22.4. The van der Waals surface area contributed by atoms with E-state index in [0.29, 0.717) is 23.0 Å². The number of hydrogen-bond acceptors (Lipinski definition) is 7. The van der Waals surface area contributed by atoms with Crippen molar-refractivity contribution >= 4 is 38.2 Å². The van der Waals surface area contributed by atoms with Gasteiger partial charge in [0.25, 0.3) is 0 Å². The Balaban J connectivity index is 1.42. The maximum absolute atomic E-state index is 14.2. The zero-order chi connectivity index (χ0) is 27.9. The van der Waals surface area contributed by atoms with E-state index in [2.05, 4.69) is 9.97 Å². The van der Waals surface area contributed by atoms with Crippen LogP contribution >= 0.6 is 0 Å². The van der Waals surface area contributed by atoms with Gasteiger partial charge in [0.1, 0.15) is 9.84 Å². The van der Waals surface area contributed by atoms with E-state index < -0.39 is 33.9 Å². The van der Waals surface area contributed by atoms with Crippen molar-refractivity contribution in [1.29, 1.82) is 0 Å². The van der Waals surface area contributed by atoms with Crippen molar-refractivity contribution in [3.63, 3.8) is 0 Å². The molecule has 8 nitrogen and oxygen atoms in total. The van der Waals surface area contributed by atoms with Gasteiger partial charge in [-0.25, -0.2) is 13.4 Å². The summed E-state index contributed by atoms with van der Waals surface area (Å²) in [6.45, 7) is 0.662. The maximum Gasteiger partial charge on any atom is 0.413 e. The number of carbonyl (C=O) groups excluding carboxylic acids is 1. The second-order valence-corrected chi connectivity index (χ2v) is 12.3. The fourth-order valence-electron chi connectivity index (χ4n) is 5.51. The lowest BCUT2D eigenvalue weighted by atomic mass is 9.97. The number of carbonyl (C=O) groups is 1. The first-order valence-electron chi connectivity index (χ1n) is 12.7. The van der Waals surface area contributed by atoms with E-state index in [1.54, 1.807) is 31.5 Å². The lowest BCUT2D eigenvalue weighted by Gasteiger charge is -2.34. The van der Waals surface area contributed by atoms with Gasteiger partial charge in [0.2, 0.25) is 11.8 Å². The summed E-state index contributed by atoms with van der Waals surface area (Å²) in [5, 5.41) is 0. The standard InChI is InChI=1S/C27H29F3N4O4S/c1-33(26(35)18-11-14-39(36,37)15-12-18)25(27(28,29)30)17-5-7-19(8-6-17)34-13-3-4-20-22(34)16-31-21-9-10-23(38-2)32-24(20)21/h5-10,16,18,25H,3-4,11-15H2,1-2H3/t25-/m0/s1. The number of aryl methyl sites for hydroxylation is 1. The van der Waals surface area contributed by atoms with Crippen LogP contribution in [0.15, 0.2) is 42.6 Å². The number of hydrogen-bond donors (Lipinski definition) is 0. The van der Waals surface area contributed by atoms with Gasteiger partial charge in [-0.05, 0) is 49.4 Å². The number of pyridine rings is 2. The quantitative estimate of drug-likeness (QED) is 0.449. The van der Waals surface area contributed by atoms with Crippen LogP contribution in [0.1, 0.15) is 36.4 Å². The van der Waals surface area contributed by atoms with E-state index in [9.17, 15) is 26.4 Å². The van der Waals surface area contributed by atoms with E-state index in [0.717, 1.165) is 42.2 Å². The minimum Gasteiger partial charge on any atom is -0.481 e. The number of amides is 1. The summed E-state index contributed by atoms with van der Waals surface area (Å²) in [5.74, 6) is -1.34. The van der Waals surface area contributed by atoms with Gasteiger partial charge in [0.15, 0.2) is 6.04 Å². The molecular weight excluding hydrogens is 533 g/mol. The smallest absolute Gasteiger partial charge is 0.413 e. The summed E-state index contributed by atoms with van der Waals surface area (Å²) in [5.41, 5.74) is 3.96. The molecule has 0 N–H and O–H groups in total. The van der Waals surface area contributed by atoms with Gasteiger partial charge in [0, 0.05) is 36.8 Å². The molecule has 12 heteroatoms. The first-order valence-corrected chi connectivity index (χ1v) is 14.5. The molecule has 1 aromatic carbocycles. The molecule has 5 rings (SSSR count). The topological polar surface area (TPSA) is 92.7 Å². The highest BCUT2D eigenvalue weighted by molar-refractivity contribution is 7.91. The SMILES string of the molecule is COc1ccc2ncc3c(c2n1)CCCN3c1ccc([C@H](N(C)C(=O)C2CCS(=O)(=O)CC2)C(F)(F)F)cc1. The van der Waals surface area contributed by atoms with Crippen LogP contribution in [-0.4, -0.2) is 67.6 Å². The van der Waals surface area contributed by atoms with Gasteiger partial charge in [-0.1, -0.05) is 12.1 Å². The number of anilines is 2. The normalized spacial score (nSPS) is 18.4. The average molecular weight is 563 g/mol. The minimum absolute atomic E-state index is 0.0346. The van der Waals surface area contributed by atoms with Gasteiger partial charge >= 0.3 is 6.18 Å². The summed E-state index contributed by atoms with van der Waals surface area (Å²) >= 11 is 0. The van der Waals surface area contributed by atoms with E-state index in [4.69, 9.17) is 4.74 Å². The molecule has 2 aliphatic rings. The molecule has 208 valence electrons. The van der Waals surface area contributed by atoms with Crippen LogP contribution in [0.5, 0.6) is 5.88 Å². The Kier molecular flexibility index (Phi) is 7.17. The molecule has 1 saturated heterocycles. The predicted molar refractivity (Wildman–Crippen MR) is 141 cm³/mol. The molecule has 0 radical (unpaired) electrons. The second kappa shape index (κ2) is 10.3. The Morgan fingerprint density at radius 1 is 1.13 bits per heavy atom. The number of fused-ring (bicyclic) bond motifs is 3. The Labute approximate surface area is 224 Å². The van der Waals surface area contributed by atoms with E-state index in [-0.39, 0.29) is 29.9 Å². The Hall–Kier alpha value is -3.41. The van der Waals surface area contributed by atoms with Crippen LogP contribution in [-0.2, 0) is 21.1 Å². The van der Waals surface area contributed by atoms with Gasteiger partial charge in [-0.2, -0.15) is 13.2 Å². The molecule has 2 aromatic heterocycles. The van der Waals surface area contributed by atoms with Crippen molar-refractivity contribution < 1.29 is 31.1 Å². The highest BCUT2D eigenvalue weighted by Gasteiger charge is 2.46. The lowest BCUT2D eigenvalue weighted by molar-refractivity contribution is -0.190. The molecule has 2 aliphatic heterocycles. The number of aromatic nitrogens is 2. The van der Waals surface area contributed by atoms with Gasteiger partial charge in [-0.3, -0.25) is 9.78 Å². The number of rotatable bonds is 5. The summed E-state index contributed by atoms with van der Waals surface area (Å²) in [6, 6.07) is 7.48. The highest BCUT2D eigenvalue weighted by Crippen LogP contribution is 2.41. The number of methoxy groups -OCH3 is 1.